The van der Waals surface area contributed by atoms with Crippen molar-refractivity contribution in [3.05, 3.63) is 0 Å². The summed E-state index contributed by atoms with van der Waals surface area (Å²) >= 11 is 0. The van der Waals surface area contributed by atoms with E-state index >= 15 is 0 Å². The van der Waals surface area contributed by atoms with E-state index in [-0.39, 0.29) is 0 Å². The SMILES string of the molecule is CN(C#N)CCN1CCOCC1. The number of rotatable bonds is 3. The second-order valence-electron chi connectivity index (χ2n) is 2.98. The zero-order chi connectivity index (χ0) is 8.81. The molecule has 0 spiro atoms. The minimum absolute atomic E-state index is 0.816. The summed E-state index contributed by atoms with van der Waals surface area (Å²) in [7, 11) is 1.81. The molecule has 1 rings (SSSR count). The van der Waals surface area contributed by atoms with E-state index in [1.54, 1.807) is 11.9 Å². The Morgan fingerprint density at radius 3 is 2.75 bits per heavy atom. The van der Waals surface area contributed by atoms with Crippen LogP contribution in [0.5, 0.6) is 0 Å². The number of morpholine rings is 1. The molecule has 0 aromatic carbocycles. The third-order valence-corrected chi connectivity index (χ3v) is 2.03. The van der Waals surface area contributed by atoms with Gasteiger partial charge in [0.2, 0.25) is 0 Å². The van der Waals surface area contributed by atoms with Crippen LogP contribution in [0.15, 0.2) is 0 Å². The van der Waals surface area contributed by atoms with Crippen molar-refractivity contribution in [3.63, 3.8) is 0 Å². The van der Waals surface area contributed by atoms with Crippen molar-refractivity contribution in [2.45, 2.75) is 0 Å². The largest absolute Gasteiger partial charge is 0.379 e. The van der Waals surface area contributed by atoms with E-state index in [1.165, 1.54) is 0 Å². The first-order valence-corrected chi connectivity index (χ1v) is 4.24. The van der Waals surface area contributed by atoms with Crippen molar-refractivity contribution in [1.29, 1.82) is 5.26 Å². The Morgan fingerprint density at radius 1 is 1.50 bits per heavy atom. The number of hydrogen-bond donors (Lipinski definition) is 0. The highest BCUT2D eigenvalue weighted by molar-refractivity contribution is 4.71. The lowest BCUT2D eigenvalue weighted by atomic mass is 10.4. The topological polar surface area (TPSA) is 39.5 Å². The Morgan fingerprint density at radius 2 is 2.17 bits per heavy atom. The first kappa shape index (κ1) is 9.30. The van der Waals surface area contributed by atoms with Crippen LogP contribution in [0, 0.1) is 11.5 Å². The Labute approximate surface area is 73.3 Å². The van der Waals surface area contributed by atoms with E-state index in [9.17, 15) is 0 Å². The standard InChI is InChI=1S/C8H15N3O/c1-10(8-9)2-3-11-4-6-12-7-5-11/h2-7H2,1H3. The van der Waals surface area contributed by atoms with Crippen molar-refractivity contribution >= 4 is 0 Å². The molecule has 0 aromatic rings. The van der Waals surface area contributed by atoms with Gasteiger partial charge < -0.3 is 9.64 Å². The third-order valence-electron chi connectivity index (χ3n) is 2.03. The molecule has 0 bridgehead atoms. The Hall–Kier alpha value is -0.790. The third kappa shape index (κ3) is 3.07. The van der Waals surface area contributed by atoms with E-state index in [0.29, 0.717) is 0 Å². The summed E-state index contributed by atoms with van der Waals surface area (Å²) in [5.41, 5.74) is 0. The number of nitrogens with zero attached hydrogens (tertiary/aromatic N) is 3. The molecule has 0 unspecified atom stereocenters. The van der Waals surface area contributed by atoms with Crippen LogP contribution in [0.3, 0.4) is 0 Å². The lowest BCUT2D eigenvalue weighted by Crippen LogP contribution is -2.39. The highest BCUT2D eigenvalue weighted by atomic mass is 16.5. The zero-order valence-corrected chi connectivity index (χ0v) is 7.49. The van der Waals surface area contributed by atoms with E-state index in [0.717, 1.165) is 39.4 Å². The van der Waals surface area contributed by atoms with Gasteiger partial charge in [-0.25, -0.2) is 0 Å². The molecule has 1 aliphatic heterocycles. The monoisotopic (exact) mass is 169 g/mol. The number of hydrogen-bond acceptors (Lipinski definition) is 4. The minimum Gasteiger partial charge on any atom is -0.379 e. The molecular weight excluding hydrogens is 154 g/mol. The molecular formula is C8H15N3O. The predicted molar refractivity (Wildman–Crippen MR) is 45.5 cm³/mol. The van der Waals surface area contributed by atoms with E-state index in [4.69, 9.17) is 10.00 Å². The number of ether oxygens (including phenoxy) is 1. The molecule has 0 saturated carbocycles. The summed E-state index contributed by atoms with van der Waals surface area (Å²) in [5.74, 6) is 0. The van der Waals surface area contributed by atoms with Crippen LogP contribution in [0.2, 0.25) is 0 Å². The van der Waals surface area contributed by atoms with Crippen LogP contribution in [-0.2, 0) is 4.74 Å². The summed E-state index contributed by atoms with van der Waals surface area (Å²) in [4.78, 5) is 3.97. The van der Waals surface area contributed by atoms with Crippen molar-refractivity contribution in [1.82, 2.24) is 9.80 Å². The summed E-state index contributed by atoms with van der Waals surface area (Å²) < 4.78 is 5.21. The summed E-state index contributed by atoms with van der Waals surface area (Å²) in [6.45, 7) is 5.44. The molecule has 0 atom stereocenters. The van der Waals surface area contributed by atoms with Crippen LogP contribution in [0.1, 0.15) is 0 Å². The molecule has 0 N–H and O–H groups in total. The molecule has 4 heteroatoms. The van der Waals surface area contributed by atoms with E-state index < -0.39 is 0 Å². The molecule has 0 aromatic heterocycles. The van der Waals surface area contributed by atoms with Gasteiger partial charge in [0.1, 0.15) is 0 Å². The maximum absolute atomic E-state index is 8.50. The second-order valence-corrected chi connectivity index (χ2v) is 2.98. The maximum Gasteiger partial charge on any atom is 0.179 e. The minimum atomic E-state index is 0.816. The van der Waals surface area contributed by atoms with Crippen LogP contribution in [0.25, 0.3) is 0 Å². The Bertz CT molecular complexity index is 160. The molecule has 1 fully saturated rings. The molecule has 0 aliphatic carbocycles. The molecule has 1 saturated heterocycles. The summed E-state index contributed by atoms with van der Waals surface area (Å²) in [6.07, 6.45) is 2.08. The van der Waals surface area contributed by atoms with Gasteiger partial charge in [-0.15, -0.1) is 0 Å². The quantitative estimate of drug-likeness (QED) is 0.431. The molecule has 4 nitrogen and oxygen atoms in total. The van der Waals surface area contributed by atoms with E-state index in [2.05, 4.69) is 11.1 Å². The lowest BCUT2D eigenvalue weighted by Gasteiger charge is -2.27. The molecule has 0 amide bonds. The lowest BCUT2D eigenvalue weighted by molar-refractivity contribution is 0.0362. The average Bonchev–Trinajstić information content (AvgIpc) is 2.16. The number of likely N-dealkylation sites (N-methyl/N-ethyl adjacent to an activating group) is 1. The van der Waals surface area contributed by atoms with Gasteiger partial charge >= 0.3 is 0 Å². The smallest absolute Gasteiger partial charge is 0.179 e. The Balaban J connectivity index is 2.10. The zero-order valence-electron chi connectivity index (χ0n) is 7.49. The normalized spacial score (nSPS) is 18.7. The van der Waals surface area contributed by atoms with Gasteiger partial charge in [0.15, 0.2) is 6.19 Å². The van der Waals surface area contributed by atoms with Gasteiger partial charge in [0.05, 0.1) is 13.2 Å². The fourth-order valence-electron chi connectivity index (χ4n) is 1.17. The summed E-state index contributed by atoms with van der Waals surface area (Å²) in [6, 6.07) is 0. The average molecular weight is 169 g/mol. The fourth-order valence-corrected chi connectivity index (χ4v) is 1.17. The second kappa shape index (κ2) is 4.96. The Kier molecular flexibility index (Phi) is 3.85. The highest BCUT2D eigenvalue weighted by Gasteiger charge is 2.09. The first-order valence-electron chi connectivity index (χ1n) is 4.24. The van der Waals surface area contributed by atoms with Gasteiger partial charge in [-0.2, -0.15) is 5.26 Å². The van der Waals surface area contributed by atoms with Gasteiger partial charge in [0.25, 0.3) is 0 Å². The number of nitriles is 1. The predicted octanol–water partition coefficient (Wildman–Crippen LogP) is -0.269. The van der Waals surface area contributed by atoms with Crippen molar-refractivity contribution in [2.75, 3.05) is 46.4 Å². The van der Waals surface area contributed by atoms with Crippen LogP contribution < -0.4 is 0 Å². The molecule has 12 heavy (non-hydrogen) atoms. The van der Waals surface area contributed by atoms with Crippen molar-refractivity contribution in [3.8, 4) is 6.19 Å². The van der Waals surface area contributed by atoms with Gasteiger partial charge in [-0.05, 0) is 0 Å². The van der Waals surface area contributed by atoms with E-state index in [1.807, 2.05) is 0 Å². The molecule has 1 heterocycles. The fraction of sp³-hybridized carbons (Fsp3) is 0.875. The van der Waals surface area contributed by atoms with Gasteiger partial charge in [0, 0.05) is 33.2 Å². The van der Waals surface area contributed by atoms with Crippen molar-refractivity contribution < 1.29 is 4.74 Å². The molecule has 1 aliphatic rings. The summed E-state index contributed by atoms with van der Waals surface area (Å²) in [5, 5.41) is 8.50. The molecule has 0 radical (unpaired) electrons. The van der Waals surface area contributed by atoms with Gasteiger partial charge in [-0.1, -0.05) is 0 Å². The van der Waals surface area contributed by atoms with Crippen molar-refractivity contribution in [2.24, 2.45) is 0 Å². The first-order chi connectivity index (χ1) is 5.83. The maximum atomic E-state index is 8.50. The molecule has 68 valence electrons. The van der Waals surface area contributed by atoms with Gasteiger partial charge in [-0.3, -0.25) is 4.90 Å². The highest BCUT2D eigenvalue weighted by Crippen LogP contribution is 1.95. The van der Waals surface area contributed by atoms with Crippen LogP contribution >= 0.6 is 0 Å². The van der Waals surface area contributed by atoms with Crippen LogP contribution in [0.4, 0.5) is 0 Å². The van der Waals surface area contributed by atoms with Crippen LogP contribution in [-0.4, -0.2) is 56.2 Å².